The van der Waals surface area contributed by atoms with E-state index in [1.54, 1.807) is 18.4 Å². The van der Waals surface area contributed by atoms with Crippen molar-refractivity contribution in [1.29, 1.82) is 0 Å². The van der Waals surface area contributed by atoms with Gasteiger partial charge >= 0.3 is 0 Å². The number of fused-ring (bicyclic) bond motifs is 1. The molecule has 2 nitrogen and oxygen atoms in total. The van der Waals surface area contributed by atoms with E-state index < -0.39 is 0 Å². The second kappa shape index (κ2) is 5.13. The minimum absolute atomic E-state index is 0.826. The molecule has 0 unspecified atom stereocenters. The van der Waals surface area contributed by atoms with Crippen LogP contribution >= 0.6 is 11.3 Å². The van der Waals surface area contributed by atoms with E-state index in [0.29, 0.717) is 0 Å². The van der Waals surface area contributed by atoms with Gasteiger partial charge in [-0.2, -0.15) is 0 Å². The second-order valence-electron chi connectivity index (χ2n) is 3.97. The van der Waals surface area contributed by atoms with Gasteiger partial charge in [-0.25, -0.2) is 4.98 Å². The molecule has 0 atom stereocenters. The summed E-state index contributed by atoms with van der Waals surface area (Å²) in [6, 6.07) is 15.8. The summed E-state index contributed by atoms with van der Waals surface area (Å²) >= 11 is 1.58. The summed E-state index contributed by atoms with van der Waals surface area (Å²) in [6.45, 7) is 0. The molecule has 0 N–H and O–H groups in total. The number of thiazole rings is 1. The standard InChI is InChI=1S/C16H11NOS/c1-18-13-8-9-14-15(11-13)19-16(17-14)10-7-12-5-3-2-4-6-12/h2-6,8-9,11H,1H3. The number of methoxy groups -OCH3 is 1. The van der Waals surface area contributed by atoms with Crippen LogP contribution in [0.5, 0.6) is 5.75 Å². The summed E-state index contributed by atoms with van der Waals surface area (Å²) in [5.74, 6) is 7.07. The summed E-state index contributed by atoms with van der Waals surface area (Å²) in [4.78, 5) is 4.49. The van der Waals surface area contributed by atoms with Crippen molar-refractivity contribution >= 4 is 21.6 Å². The Hall–Kier alpha value is -2.31. The molecule has 0 fully saturated rings. The third-order valence-electron chi connectivity index (χ3n) is 2.68. The van der Waals surface area contributed by atoms with Crippen LogP contribution in [0.4, 0.5) is 0 Å². The highest BCUT2D eigenvalue weighted by atomic mass is 32.1. The van der Waals surface area contributed by atoms with Gasteiger partial charge in [-0.3, -0.25) is 0 Å². The van der Waals surface area contributed by atoms with Crippen LogP contribution < -0.4 is 4.74 Å². The average molecular weight is 265 g/mol. The molecule has 3 aromatic rings. The summed E-state index contributed by atoms with van der Waals surface area (Å²) in [7, 11) is 1.67. The zero-order chi connectivity index (χ0) is 13.1. The molecule has 3 rings (SSSR count). The predicted molar refractivity (Wildman–Crippen MR) is 78.6 cm³/mol. The summed E-state index contributed by atoms with van der Waals surface area (Å²) in [5.41, 5.74) is 1.96. The number of hydrogen-bond acceptors (Lipinski definition) is 3. The lowest BCUT2D eigenvalue weighted by molar-refractivity contribution is 0.415. The van der Waals surface area contributed by atoms with Gasteiger partial charge in [0.25, 0.3) is 0 Å². The third kappa shape index (κ3) is 2.59. The highest BCUT2D eigenvalue weighted by molar-refractivity contribution is 7.19. The Morgan fingerprint density at radius 3 is 2.68 bits per heavy atom. The van der Waals surface area contributed by atoms with Crippen molar-refractivity contribution in [2.45, 2.75) is 0 Å². The highest BCUT2D eigenvalue weighted by Crippen LogP contribution is 2.25. The lowest BCUT2D eigenvalue weighted by Crippen LogP contribution is -1.80. The Morgan fingerprint density at radius 1 is 1.05 bits per heavy atom. The Kier molecular flexibility index (Phi) is 3.18. The number of aromatic nitrogens is 1. The molecule has 1 aromatic heterocycles. The monoisotopic (exact) mass is 265 g/mol. The Labute approximate surface area is 115 Å². The van der Waals surface area contributed by atoms with E-state index in [0.717, 1.165) is 26.5 Å². The molecule has 0 spiro atoms. The van der Waals surface area contributed by atoms with E-state index in [2.05, 4.69) is 16.8 Å². The molecule has 0 saturated heterocycles. The molecule has 1 heterocycles. The van der Waals surface area contributed by atoms with Gasteiger partial charge in [0.05, 0.1) is 17.3 Å². The van der Waals surface area contributed by atoms with Gasteiger partial charge in [-0.15, -0.1) is 11.3 Å². The maximum atomic E-state index is 5.20. The fourth-order valence-electron chi connectivity index (χ4n) is 1.73. The molecule has 2 aromatic carbocycles. The van der Waals surface area contributed by atoms with Crippen LogP contribution in [-0.2, 0) is 0 Å². The number of hydrogen-bond donors (Lipinski definition) is 0. The Bertz CT molecular complexity index is 766. The van der Waals surface area contributed by atoms with Gasteiger partial charge in [0.15, 0.2) is 5.01 Å². The van der Waals surface area contributed by atoms with Gasteiger partial charge in [-0.1, -0.05) is 24.1 Å². The maximum Gasteiger partial charge on any atom is 0.168 e. The van der Waals surface area contributed by atoms with E-state index in [1.807, 2.05) is 48.5 Å². The lowest BCUT2D eigenvalue weighted by atomic mass is 10.2. The number of ether oxygens (including phenoxy) is 1. The van der Waals surface area contributed by atoms with Crippen molar-refractivity contribution in [3.05, 3.63) is 59.1 Å². The van der Waals surface area contributed by atoms with Crippen LogP contribution in [0.15, 0.2) is 48.5 Å². The molecular formula is C16H11NOS. The highest BCUT2D eigenvalue weighted by Gasteiger charge is 2.02. The molecule has 0 aliphatic rings. The van der Waals surface area contributed by atoms with E-state index in [4.69, 9.17) is 4.74 Å². The van der Waals surface area contributed by atoms with Gasteiger partial charge < -0.3 is 4.74 Å². The first-order valence-corrected chi connectivity index (χ1v) is 6.68. The molecule has 92 valence electrons. The molecule has 3 heteroatoms. The Morgan fingerprint density at radius 2 is 1.89 bits per heavy atom. The summed E-state index contributed by atoms with van der Waals surface area (Å²) < 4.78 is 6.30. The van der Waals surface area contributed by atoms with Crippen molar-refractivity contribution < 1.29 is 4.74 Å². The summed E-state index contributed by atoms with van der Waals surface area (Å²) in [5, 5.41) is 0.826. The lowest BCUT2D eigenvalue weighted by Gasteiger charge is -1.96. The van der Waals surface area contributed by atoms with Crippen LogP contribution in [0.3, 0.4) is 0 Å². The first kappa shape index (κ1) is 11.8. The molecule has 0 saturated carbocycles. The number of rotatable bonds is 1. The summed E-state index contributed by atoms with van der Waals surface area (Å²) in [6.07, 6.45) is 0. The smallest absolute Gasteiger partial charge is 0.168 e. The molecule has 0 aliphatic carbocycles. The molecule has 0 aliphatic heterocycles. The molecule has 0 amide bonds. The van der Waals surface area contributed by atoms with Crippen molar-refractivity contribution in [3.8, 4) is 17.6 Å². The quantitative estimate of drug-likeness (QED) is 0.626. The normalized spacial score (nSPS) is 9.95. The first-order chi connectivity index (χ1) is 9.35. The van der Waals surface area contributed by atoms with Crippen molar-refractivity contribution in [2.24, 2.45) is 0 Å². The van der Waals surface area contributed by atoms with Crippen LogP contribution in [0, 0.1) is 11.8 Å². The SMILES string of the molecule is COc1ccc2nc(C#Cc3ccccc3)sc2c1. The van der Waals surface area contributed by atoms with E-state index >= 15 is 0 Å². The van der Waals surface area contributed by atoms with Gasteiger partial charge in [0.2, 0.25) is 0 Å². The minimum Gasteiger partial charge on any atom is -0.497 e. The fourth-order valence-corrected chi connectivity index (χ4v) is 2.58. The van der Waals surface area contributed by atoms with Crippen molar-refractivity contribution in [3.63, 3.8) is 0 Å². The largest absolute Gasteiger partial charge is 0.497 e. The zero-order valence-corrected chi connectivity index (χ0v) is 11.2. The van der Waals surface area contributed by atoms with Gasteiger partial charge in [0.1, 0.15) is 5.75 Å². The van der Waals surface area contributed by atoms with Crippen LogP contribution in [0.2, 0.25) is 0 Å². The van der Waals surface area contributed by atoms with E-state index in [-0.39, 0.29) is 0 Å². The van der Waals surface area contributed by atoms with Crippen LogP contribution in [0.1, 0.15) is 10.6 Å². The van der Waals surface area contributed by atoms with Crippen molar-refractivity contribution in [1.82, 2.24) is 4.98 Å². The third-order valence-corrected chi connectivity index (χ3v) is 3.62. The average Bonchev–Trinajstić information content (AvgIpc) is 2.88. The minimum atomic E-state index is 0.826. The Balaban J connectivity index is 1.96. The number of nitrogens with zero attached hydrogens (tertiary/aromatic N) is 1. The van der Waals surface area contributed by atoms with Crippen LogP contribution in [0.25, 0.3) is 10.2 Å². The molecule has 0 radical (unpaired) electrons. The van der Waals surface area contributed by atoms with Gasteiger partial charge in [0, 0.05) is 5.56 Å². The maximum absolute atomic E-state index is 5.20. The molecule has 0 bridgehead atoms. The number of benzene rings is 2. The van der Waals surface area contributed by atoms with Gasteiger partial charge in [-0.05, 0) is 36.3 Å². The topological polar surface area (TPSA) is 22.1 Å². The van der Waals surface area contributed by atoms with Crippen LogP contribution in [-0.4, -0.2) is 12.1 Å². The first-order valence-electron chi connectivity index (χ1n) is 5.87. The second-order valence-corrected chi connectivity index (χ2v) is 5.00. The zero-order valence-electron chi connectivity index (χ0n) is 10.4. The van der Waals surface area contributed by atoms with E-state index in [1.165, 1.54) is 0 Å². The molecule has 19 heavy (non-hydrogen) atoms. The molecular weight excluding hydrogens is 254 g/mol. The van der Waals surface area contributed by atoms with Crippen molar-refractivity contribution in [2.75, 3.05) is 7.11 Å². The van der Waals surface area contributed by atoms with E-state index in [9.17, 15) is 0 Å². The predicted octanol–water partition coefficient (Wildman–Crippen LogP) is 3.70. The fraction of sp³-hybridized carbons (Fsp3) is 0.0625.